The second kappa shape index (κ2) is 6.30. The average molecular weight is 292 g/mol. The van der Waals surface area contributed by atoms with Gasteiger partial charge in [-0.3, -0.25) is 4.90 Å². The minimum atomic E-state index is -2.40. The molecule has 1 aliphatic heterocycles. The van der Waals surface area contributed by atoms with Gasteiger partial charge in [-0.25, -0.2) is 18.4 Å². The van der Waals surface area contributed by atoms with Crippen LogP contribution in [0.4, 0.5) is 8.78 Å². The lowest BCUT2D eigenvalue weighted by Crippen LogP contribution is -2.23. The second-order valence-electron chi connectivity index (χ2n) is 5.38. The van der Waals surface area contributed by atoms with E-state index in [0.29, 0.717) is 18.3 Å². The molecule has 0 amide bonds. The molecule has 1 saturated heterocycles. The van der Waals surface area contributed by atoms with E-state index in [1.807, 2.05) is 6.07 Å². The van der Waals surface area contributed by atoms with Crippen LogP contribution in [-0.2, 0) is 13.1 Å². The number of hydrogen-bond acceptors (Lipinski definition) is 3. The number of aromatic nitrogens is 3. The number of benzene rings is 1. The summed E-state index contributed by atoms with van der Waals surface area (Å²) in [6.07, 6.45) is 0.0382. The predicted molar refractivity (Wildman–Crippen MR) is 75.1 cm³/mol. The third-order valence-corrected chi connectivity index (χ3v) is 3.92. The van der Waals surface area contributed by atoms with Gasteiger partial charge in [0, 0.05) is 6.54 Å². The first-order chi connectivity index (χ1) is 10.2. The molecule has 0 saturated carbocycles. The molecule has 3 rings (SSSR count). The van der Waals surface area contributed by atoms with Crippen LogP contribution in [0.25, 0.3) is 0 Å². The number of rotatable bonds is 5. The zero-order valence-electron chi connectivity index (χ0n) is 11.7. The summed E-state index contributed by atoms with van der Waals surface area (Å²) in [6, 6.07) is 10.4. The molecule has 112 valence electrons. The number of likely N-dealkylation sites (tertiary alicyclic amines) is 1. The summed E-state index contributed by atoms with van der Waals surface area (Å²) in [5.74, 6) is 1.13. The van der Waals surface area contributed by atoms with Gasteiger partial charge in [0.2, 0.25) is 0 Å². The molecular weight excluding hydrogens is 274 g/mol. The van der Waals surface area contributed by atoms with Crippen LogP contribution in [0.5, 0.6) is 0 Å². The lowest BCUT2D eigenvalue weighted by Gasteiger charge is -2.16. The molecule has 1 atom stereocenters. The maximum atomic E-state index is 12.5. The molecule has 1 fully saturated rings. The lowest BCUT2D eigenvalue weighted by atomic mass is 9.99. The molecule has 21 heavy (non-hydrogen) atoms. The highest BCUT2D eigenvalue weighted by Gasteiger charge is 2.25. The summed E-state index contributed by atoms with van der Waals surface area (Å²) in [5.41, 5.74) is 1.34. The van der Waals surface area contributed by atoms with Crippen LogP contribution in [0.2, 0.25) is 0 Å². The predicted octanol–water partition coefficient (Wildman–Crippen LogP) is 2.53. The monoisotopic (exact) mass is 292 g/mol. The topological polar surface area (TPSA) is 34.0 Å². The van der Waals surface area contributed by atoms with E-state index < -0.39 is 6.43 Å². The van der Waals surface area contributed by atoms with Crippen molar-refractivity contribution >= 4 is 0 Å². The van der Waals surface area contributed by atoms with Crippen LogP contribution in [0.3, 0.4) is 0 Å². The normalized spacial score (nSPS) is 19.5. The van der Waals surface area contributed by atoms with Crippen molar-refractivity contribution < 1.29 is 8.78 Å². The fourth-order valence-electron chi connectivity index (χ4n) is 2.87. The Morgan fingerprint density at radius 3 is 2.81 bits per heavy atom. The van der Waals surface area contributed by atoms with E-state index in [1.165, 1.54) is 16.6 Å². The van der Waals surface area contributed by atoms with E-state index in [9.17, 15) is 8.78 Å². The molecular formula is C15H18F2N4. The van der Waals surface area contributed by atoms with Crippen LogP contribution >= 0.6 is 0 Å². The smallest absolute Gasteiger partial charge is 0.257 e. The molecule has 1 aromatic carbocycles. The fraction of sp³-hybridized carbons (Fsp3) is 0.467. The van der Waals surface area contributed by atoms with Crippen molar-refractivity contribution in [2.45, 2.75) is 31.9 Å². The Balaban J connectivity index is 1.61. The van der Waals surface area contributed by atoms with Gasteiger partial charge in [0.15, 0.2) is 0 Å². The number of halogens is 2. The van der Waals surface area contributed by atoms with Crippen molar-refractivity contribution in [1.82, 2.24) is 19.7 Å². The molecule has 0 unspecified atom stereocenters. The van der Waals surface area contributed by atoms with Crippen molar-refractivity contribution in [3.63, 3.8) is 0 Å². The van der Waals surface area contributed by atoms with E-state index in [1.54, 1.807) is 0 Å². The summed E-state index contributed by atoms with van der Waals surface area (Å²) < 4.78 is 26.3. The third-order valence-electron chi connectivity index (χ3n) is 3.92. The largest absolute Gasteiger partial charge is 0.295 e. The SMILES string of the molecule is FC(F)Cn1ncnc1CN1CC[C@H](c2ccccc2)C1. The first-order valence-electron chi connectivity index (χ1n) is 7.14. The summed E-state index contributed by atoms with van der Waals surface area (Å²) >= 11 is 0. The van der Waals surface area contributed by atoms with Crippen LogP contribution in [0.15, 0.2) is 36.7 Å². The Kier molecular flexibility index (Phi) is 4.24. The minimum Gasteiger partial charge on any atom is -0.295 e. The van der Waals surface area contributed by atoms with E-state index in [4.69, 9.17) is 0 Å². The van der Waals surface area contributed by atoms with Gasteiger partial charge in [0.05, 0.1) is 6.54 Å². The van der Waals surface area contributed by atoms with Crippen LogP contribution in [0.1, 0.15) is 23.7 Å². The molecule has 0 bridgehead atoms. The molecule has 6 heteroatoms. The van der Waals surface area contributed by atoms with E-state index in [2.05, 4.69) is 39.2 Å². The quantitative estimate of drug-likeness (QED) is 0.849. The van der Waals surface area contributed by atoms with Crippen molar-refractivity contribution in [2.24, 2.45) is 0 Å². The van der Waals surface area contributed by atoms with Gasteiger partial charge in [-0.2, -0.15) is 5.10 Å². The summed E-state index contributed by atoms with van der Waals surface area (Å²) in [6.45, 7) is 2.09. The van der Waals surface area contributed by atoms with Gasteiger partial charge in [0.1, 0.15) is 18.7 Å². The molecule has 1 aromatic heterocycles. The zero-order valence-corrected chi connectivity index (χ0v) is 11.7. The van der Waals surface area contributed by atoms with Crippen LogP contribution in [0, 0.1) is 0 Å². The molecule has 0 aliphatic carbocycles. The Labute approximate surface area is 122 Å². The van der Waals surface area contributed by atoms with Gasteiger partial charge >= 0.3 is 0 Å². The van der Waals surface area contributed by atoms with Crippen molar-refractivity contribution in [2.75, 3.05) is 13.1 Å². The van der Waals surface area contributed by atoms with Gasteiger partial charge in [-0.05, 0) is 24.4 Å². The first-order valence-corrected chi connectivity index (χ1v) is 7.14. The summed E-state index contributed by atoms with van der Waals surface area (Å²) in [4.78, 5) is 6.36. The highest BCUT2D eigenvalue weighted by Crippen LogP contribution is 2.27. The summed E-state index contributed by atoms with van der Waals surface area (Å²) in [7, 11) is 0. The highest BCUT2D eigenvalue weighted by molar-refractivity contribution is 5.21. The van der Waals surface area contributed by atoms with Gasteiger partial charge in [-0.15, -0.1) is 0 Å². The summed E-state index contributed by atoms with van der Waals surface area (Å²) in [5, 5.41) is 3.87. The van der Waals surface area contributed by atoms with Crippen LogP contribution in [-0.4, -0.2) is 39.2 Å². The number of hydrogen-bond donors (Lipinski definition) is 0. The molecule has 2 heterocycles. The molecule has 1 aliphatic rings. The molecule has 0 spiro atoms. The van der Waals surface area contributed by atoms with E-state index in [0.717, 1.165) is 19.5 Å². The minimum absolute atomic E-state index is 0.384. The zero-order chi connectivity index (χ0) is 14.7. The standard InChI is InChI=1S/C15H18F2N4/c16-14(17)9-21-15(18-11-19-21)10-20-7-6-13(8-20)12-4-2-1-3-5-12/h1-5,11,13-14H,6-10H2/t13-/m0/s1. The van der Waals surface area contributed by atoms with Crippen molar-refractivity contribution in [3.8, 4) is 0 Å². The second-order valence-corrected chi connectivity index (χ2v) is 5.38. The number of nitrogens with zero attached hydrogens (tertiary/aromatic N) is 4. The molecule has 4 nitrogen and oxygen atoms in total. The maximum Gasteiger partial charge on any atom is 0.257 e. The number of alkyl halides is 2. The molecule has 0 N–H and O–H groups in total. The molecule has 2 aromatic rings. The lowest BCUT2D eigenvalue weighted by molar-refractivity contribution is 0.119. The Hall–Kier alpha value is -1.82. The van der Waals surface area contributed by atoms with Gasteiger partial charge in [0.25, 0.3) is 6.43 Å². The maximum absolute atomic E-state index is 12.5. The van der Waals surface area contributed by atoms with Crippen molar-refractivity contribution in [1.29, 1.82) is 0 Å². The van der Waals surface area contributed by atoms with Gasteiger partial charge in [-0.1, -0.05) is 30.3 Å². The van der Waals surface area contributed by atoms with E-state index >= 15 is 0 Å². The average Bonchev–Trinajstić information content (AvgIpc) is 3.10. The Morgan fingerprint density at radius 2 is 2.05 bits per heavy atom. The van der Waals surface area contributed by atoms with Crippen LogP contribution < -0.4 is 0 Å². The Bertz CT molecular complexity index is 570. The first kappa shape index (κ1) is 14.1. The fourth-order valence-corrected chi connectivity index (χ4v) is 2.87. The molecule has 0 radical (unpaired) electrons. The highest BCUT2D eigenvalue weighted by atomic mass is 19.3. The third kappa shape index (κ3) is 3.44. The van der Waals surface area contributed by atoms with Gasteiger partial charge < -0.3 is 0 Å². The Morgan fingerprint density at radius 1 is 1.24 bits per heavy atom. The van der Waals surface area contributed by atoms with Crippen molar-refractivity contribution in [3.05, 3.63) is 48.0 Å². The van der Waals surface area contributed by atoms with E-state index in [-0.39, 0.29) is 6.54 Å².